The van der Waals surface area contributed by atoms with Gasteiger partial charge >= 0.3 is 5.97 Å². The first-order chi connectivity index (χ1) is 8.95. The van der Waals surface area contributed by atoms with Gasteiger partial charge < -0.3 is 10.1 Å². The van der Waals surface area contributed by atoms with Crippen molar-refractivity contribution in [3.63, 3.8) is 0 Å². The molecule has 1 amide bonds. The molecule has 0 aliphatic carbocycles. The van der Waals surface area contributed by atoms with Crippen LogP contribution in [0.5, 0.6) is 0 Å². The minimum atomic E-state index is -0.645. The van der Waals surface area contributed by atoms with Crippen LogP contribution in [0.2, 0.25) is 0 Å². The maximum absolute atomic E-state index is 11.7. The van der Waals surface area contributed by atoms with Crippen LogP contribution in [-0.2, 0) is 21.4 Å². The molecule has 0 aliphatic rings. The zero-order valence-electron chi connectivity index (χ0n) is 11.6. The fourth-order valence-corrected chi connectivity index (χ4v) is 1.53. The number of hydrogen-bond donors (Lipinski definition) is 1. The molecule has 0 bridgehead atoms. The van der Waals surface area contributed by atoms with Gasteiger partial charge in [0.2, 0.25) is 5.91 Å². The molecule has 6 heteroatoms. The van der Waals surface area contributed by atoms with Gasteiger partial charge in [-0.3, -0.25) is 9.48 Å². The lowest BCUT2D eigenvalue weighted by molar-refractivity contribution is -0.145. The van der Waals surface area contributed by atoms with Gasteiger partial charge in [-0.1, -0.05) is 13.8 Å². The Kier molecular flexibility index (Phi) is 5.29. The van der Waals surface area contributed by atoms with E-state index in [4.69, 9.17) is 0 Å². The minimum Gasteiger partial charge on any atom is -0.467 e. The van der Waals surface area contributed by atoms with Gasteiger partial charge in [-0.15, -0.1) is 0 Å². The van der Waals surface area contributed by atoms with E-state index in [0.29, 0.717) is 0 Å². The van der Waals surface area contributed by atoms with Crippen LogP contribution in [0.3, 0.4) is 0 Å². The number of rotatable bonds is 5. The maximum Gasteiger partial charge on any atom is 0.328 e. The van der Waals surface area contributed by atoms with Gasteiger partial charge in [0.1, 0.15) is 6.04 Å². The normalized spacial score (nSPS) is 12.7. The number of aromatic nitrogens is 2. The molecule has 19 heavy (non-hydrogen) atoms. The standard InChI is InChI=1S/C13H19N3O3/c1-9(2)12(13(18)19-4)15-11(17)6-5-10-7-8-14-16(10)3/h5-9,12H,1-4H3,(H,15,17)/b6-5+. The predicted octanol–water partition coefficient (Wildman–Crippen LogP) is 0.747. The molecular formula is C13H19N3O3. The molecule has 104 valence electrons. The molecule has 0 fully saturated rings. The summed E-state index contributed by atoms with van der Waals surface area (Å²) in [6.45, 7) is 3.68. The predicted molar refractivity (Wildman–Crippen MR) is 71.0 cm³/mol. The van der Waals surface area contributed by atoms with Crippen molar-refractivity contribution in [2.24, 2.45) is 13.0 Å². The van der Waals surface area contributed by atoms with Crippen LogP contribution in [0, 0.1) is 5.92 Å². The molecule has 0 aromatic carbocycles. The summed E-state index contributed by atoms with van der Waals surface area (Å²) < 4.78 is 6.30. The van der Waals surface area contributed by atoms with Crippen LogP contribution in [0.1, 0.15) is 19.5 Å². The molecule has 1 atom stereocenters. The highest BCUT2D eigenvalue weighted by atomic mass is 16.5. The van der Waals surface area contributed by atoms with Gasteiger partial charge in [-0.05, 0) is 18.1 Å². The maximum atomic E-state index is 11.7. The number of nitrogens with one attached hydrogen (secondary N) is 1. The lowest BCUT2D eigenvalue weighted by atomic mass is 10.0. The summed E-state index contributed by atoms with van der Waals surface area (Å²) in [5.74, 6) is -0.830. The zero-order valence-corrected chi connectivity index (χ0v) is 11.6. The van der Waals surface area contributed by atoms with Crippen molar-refractivity contribution in [3.05, 3.63) is 24.0 Å². The number of amides is 1. The number of hydrogen-bond acceptors (Lipinski definition) is 4. The minimum absolute atomic E-state index is 0.0403. The third-order valence-corrected chi connectivity index (χ3v) is 2.68. The second kappa shape index (κ2) is 6.72. The molecule has 1 aromatic rings. The lowest BCUT2D eigenvalue weighted by Crippen LogP contribution is -2.44. The van der Waals surface area contributed by atoms with Crippen molar-refractivity contribution in [2.75, 3.05) is 7.11 Å². The van der Waals surface area contributed by atoms with Crippen molar-refractivity contribution in [3.8, 4) is 0 Å². The molecule has 0 spiro atoms. The van der Waals surface area contributed by atoms with Crippen molar-refractivity contribution < 1.29 is 14.3 Å². The van der Waals surface area contributed by atoms with E-state index in [-0.39, 0.29) is 11.8 Å². The third kappa shape index (κ3) is 4.24. The van der Waals surface area contributed by atoms with Crippen LogP contribution in [0.15, 0.2) is 18.3 Å². The molecule has 0 aliphatic heterocycles. The molecule has 6 nitrogen and oxygen atoms in total. The van der Waals surface area contributed by atoms with E-state index in [0.717, 1.165) is 5.69 Å². The molecule has 1 unspecified atom stereocenters. The number of aryl methyl sites for hydroxylation is 1. The van der Waals surface area contributed by atoms with Crippen LogP contribution in [0.25, 0.3) is 6.08 Å². The molecular weight excluding hydrogens is 246 g/mol. The Morgan fingerprint density at radius 2 is 2.16 bits per heavy atom. The summed E-state index contributed by atoms with van der Waals surface area (Å²) in [5, 5.41) is 6.60. The number of ether oxygens (including phenoxy) is 1. The highest BCUT2D eigenvalue weighted by Gasteiger charge is 2.23. The molecule has 0 saturated heterocycles. The monoisotopic (exact) mass is 265 g/mol. The van der Waals surface area contributed by atoms with E-state index < -0.39 is 12.0 Å². The average molecular weight is 265 g/mol. The largest absolute Gasteiger partial charge is 0.467 e. The highest BCUT2D eigenvalue weighted by molar-refractivity contribution is 5.94. The van der Waals surface area contributed by atoms with Crippen molar-refractivity contribution in [2.45, 2.75) is 19.9 Å². The van der Waals surface area contributed by atoms with Crippen LogP contribution in [0.4, 0.5) is 0 Å². The Bertz CT molecular complexity index is 477. The van der Waals surface area contributed by atoms with Crippen LogP contribution < -0.4 is 5.32 Å². The number of carbonyl (C=O) groups excluding carboxylic acids is 2. The number of carbonyl (C=O) groups is 2. The molecule has 1 heterocycles. The smallest absolute Gasteiger partial charge is 0.328 e. The van der Waals surface area contributed by atoms with E-state index in [1.165, 1.54) is 13.2 Å². The Morgan fingerprint density at radius 3 is 2.63 bits per heavy atom. The van der Waals surface area contributed by atoms with Gasteiger partial charge in [0.25, 0.3) is 0 Å². The van der Waals surface area contributed by atoms with Crippen LogP contribution >= 0.6 is 0 Å². The van der Waals surface area contributed by atoms with Gasteiger partial charge in [-0.25, -0.2) is 4.79 Å². The van der Waals surface area contributed by atoms with Crippen molar-refractivity contribution >= 4 is 18.0 Å². The van der Waals surface area contributed by atoms with E-state index in [9.17, 15) is 9.59 Å². The van der Waals surface area contributed by atoms with E-state index >= 15 is 0 Å². The molecule has 1 rings (SSSR count). The SMILES string of the molecule is COC(=O)C(NC(=O)/C=C/c1ccnn1C)C(C)C. The summed E-state index contributed by atoms with van der Waals surface area (Å²) in [4.78, 5) is 23.3. The Morgan fingerprint density at radius 1 is 1.47 bits per heavy atom. The van der Waals surface area contributed by atoms with E-state index in [2.05, 4.69) is 15.2 Å². The lowest BCUT2D eigenvalue weighted by Gasteiger charge is -2.18. The Labute approximate surface area is 112 Å². The van der Waals surface area contributed by atoms with E-state index in [1.807, 2.05) is 13.8 Å². The van der Waals surface area contributed by atoms with Crippen molar-refractivity contribution in [1.82, 2.24) is 15.1 Å². The number of methoxy groups -OCH3 is 1. The Balaban J connectivity index is 2.66. The first-order valence-electron chi connectivity index (χ1n) is 6.00. The molecule has 1 N–H and O–H groups in total. The summed E-state index contributed by atoms with van der Waals surface area (Å²) in [7, 11) is 3.08. The molecule has 1 aromatic heterocycles. The first kappa shape index (κ1) is 14.9. The van der Waals surface area contributed by atoms with Gasteiger partial charge in [-0.2, -0.15) is 5.10 Å². The topological polar surface area (TPSA) is 73.2 Å². The number of esters is 1. The summed E-state index contributed by atoms with van der Waals surface area (Å²) in [5.41, 5.74) is 0.800. The average Bonchev–Trinajstić information content (AvgIpc) is 2.77. The van der Waals surface area contributed by atoms with E-state index in [1.54, 1.807) is 30.1 Å². The fraction of sp³-hybridized carbons (Fsp3) is 0.462. The van der Waals surface area contributed by atoms with Gasteiger partial charge in [0.05, 0.1) is 12.8 Å². The number of nitrogens with zero attached hydrogens (tertiary/aromatic N) is 2. The Hall–Kier alpha value is -2.11. The molecule has 0 saturated carbocycles. The van der Waals surface area contributed by atoms with Crippen molar-refractivity contribution in [1.29, 1.82) is 0 Å². The highest BCUT2D eigenvalue weighted by Crippen LogP contribution is 2.04. The summed E-state index contributed by atoms with van der Waals surface area (Å²) in [6, 6.07) is 1.14. The fourth-order valence-electron chi connectivity index (χ4n) is 1.53. The quantitative estimate of drug-likeness (QED) is 0.629. The first-order valence-corrected chi connectivity index (χ1v) is 6.00. The third-order valence-electron chi connectivity index (χ3n) is 2.68. The van der Waals surface area contributed by atoms with Crippen LogP contribution in [-0.4, -0.2) is 34.8 Å². The summed E-state index contributed by atoms with van der Waals surface area (Å²) in [6.07, 6.45) is 4.65. The van der Waals surface area contributed by atoms with Gasteiger partial charge in [0, 0.05) is 19.3 Å². The summed E-state index contributed by atoms with van der Waals surface area (Å²) >= 11 is 0. The molecule has 0 radical (unpaired) electrons. The second-order valence-corrected chi connectivity index (χ2v) is 4.47. The second-order valence-electron chi connectivity index (χ2n) is 4.47. The van der Waals surface area contributed by atoms with Gasteiger partial charge in [0.15, 0.2) is 0 Å². The zero-order chi connectivity index (χ0) is 14.4.